The third-order valence-electron chi connectivity index (χ3n) is 8.30. The second-order valence-corrected chi connectivity index (χ2v) is 11.4. The van der Waals surface area contributed by atoms with E-state index in [9.17, 15) is 22.4 Å². The maximum Gasteiger partial charge on any atom is 0.416 e. The number of halogens is 4. The number of benzene rings is 3. The van der Waals surface area contributed by atoms with Crippen molar-refractivity contribution in [3.05, 3.63) is 149 Å². The molecule has 0 N–H and O–H groups in total. The molecule has 0 aliphatic heterocycles. The second kappa shape index (κ2) is 16.1. The Hall–Kier alpha value is -5.45. The van der Waals surface area contributed by atoms with Crippen LogP contribution in [0, 0.1) is 13.8 Å². The standard InChI is InChI=1S/C38H35F4N3O4/c1-24-8-7-11-31(25(24)2)26(3)45(38(46)47-23-28-9-5-4-6-10-28)35-15-13-30(22-44-35)32(20-27-16-18-43-19-17-27)29-12-14-33(48-36(39)40)34(21-29)49-37(41)42/h4-19,21-22,26,32,36-37H,20,23H2,1-3H3. The van der Waals surface area contributed by atoms with Crippen molar-refractivity contribution in [3.8, 4) is 11.5 Å². The molecule has 0 saturated heterocycles. The van der Waals surface area contributed by atoms with Gasteiger partial charge in [-0.2, -0.15) is 17.6 Å². The van der Waals surface area contributed by atoms with E-state index in [-0.39, 0.29) is 6.61 Å². The van der Waals surface area contributed by atoms with Crippen molar-refractivity contribution in [2.24, 2.45) is 0 Å². The molecule has 1 amide bonds. The summed E-state index contributed by atoms with van der Waals surface area (Å²) in [6, 6.07) is 25.9. The molecule has 2 heterocycles. The Labute approximate surface area is 282 Å². The fraction of sp³-hybridized carbons (Fsp3) is 0.237. The van der Waals surface area contributed by atoms with Gasteiger partial charge in [0.05, 0.1) is 6.04 Å². The lowest BCUT2D eigenvalue weighted by Crippen LogP contribution is -2.35. The molecule has 5 rings (SSSR count). The van der Waals surface area contributed by atoms with Crippen molar-refractivity contribution < 1.29 is 36.6 Å². The lowest BCUT2D eigenvalue weighted by molar-refractivity contribution is -0.0692. The zero-order chi connectivity index (χ0) is 34.9. The molecule has 2 aromatic heterocycles. The number of ether oxygens (including phenoxy) is 3. The third kappa shape index (κ3) is 8.92. The van der Waals surface area contributed by atoms with Gasteiger partial charge in [0.15, 0.2) is 11.5 Å². The fourth-order valence-electron chi connectivity index (χ4n) is 5.66. The molecule has 2 atom stereocenters. The number of alkyl halides is 4. The van der Waals surface area contributed by atoms with Crippen molar-refractivity contribution in [1.29, 1.82) is 0 Å². The third-order valence-corrected chi connectivity index (χ3v) is 8.30. The minimum absolute atomic E-state index is 0.0655. The zero-order valence-electron chi connectivity index (χ0n) is 27.1. The predicted octanol–water partition coefficient (Wildman–Crippen LogP) is 9.58. The summed E-state index contributed by atoms with van der Waals surface area (Å²) in [7, 11) is 0. The van der Waals surface area contributed by atoms with Crippen LogP contribution < -0.4 is 14.4 Å². The molecule has 254 valence electrons. The summed E-state index contributed by atoms with van der Waals surface area (Å²) in [5, 5.41) is 0. The van der Waals surface area contributed by atoms with Gasteiger partial charge in [-0.1, -0.05) is 60.7 Å². The van der Waals surface area contributed by atoms with Crippen LogP contribution in [-0.2, 0) is 17.8 Å². The van der Waals surface area contributed by atoms with Crippen molar-refractivity contribution in [2.45, 2.75) is 59.0 Å². The molecule has 5 aromatic rings. The molecule has 11 heteroatoms. The quantitative estimate of drug-likeness (QED) is 0.116. The minimum atomic E-state index is -3.26. The summed E-state index contributed by atoms with van der Waals surface area (Å²) in [6.45, 7) is -0.524. The lowest BCUT2D eigenvalue weighted by Gasteiger charge is -2.30. The molecule has 0 saturated carbocycles. The molecule has 0 bridgehead atoms. The SMILES string of the molecule is Cc1cccc(C(C)N(C(=O)OCc2ccccc2)c2ccc(C(Cc3ccncc3)c3ccc(OC(F)F)c(OC(F)F)c3)cn2)c1C. The summed E-state index contributed by atoms with van der Waals surface area (Å²) < 4.78 is 67.4. The summed E-state index contributed by atoms with van der Waals surface area (Å²) in [6.07, 6.45) is 4.66. The van der Waals surface area contributed by atoms with Crippen LogP contribution in [0.3, 0.4) is 0 Å². The Morgan fingerprint density at radius 3 is 2.14 bits per heavy atom. The monoisotopic (exact) mass is 673 g/mol. The van der Waals surface area contributed by atoms with E-state index in [0.29, 0.717) is 23.4 Å². The summed E-state index contributed by atoms with van der Waals surface area (Å²) in [4.78, 5) is 24.0. The first-order valence-electron chi connectivity index (χ1n) is 15.5. The highest BCUT2D eigenvalue weighted by Crippen LogP contribution is 2.38. The Kier molecular flexibility index (Phi) is 11.5. The zero-order valence-corrected chi connectivity index (χ0v) is 27.1. The van der Waals surface area contributed by atoms with Crippen molar-refractivity contribution >= 4 is 11.9 Å². The number of amides is 1. The van der Waals surface area contributed by atoms with Gasteiger partial charge in [0.1, 0.15) is 12.4 Å². The van der Waals surface area contributed by atoms with E-state index in [1.165, 1.54) is 23.1 Å². The highest BCUT2D eigenvalue weighted by atomic mass is 19.3. The first kappa shape index (κ1) is 34.9. The van der Waals surface area contributed by atoms with Crippen LogP contribution in [0.4, 0.5) is 28.2 Å². The van der Waals surface area contributed by atoms with E-state index in [4.69, 9.17) is 9.72 Å². The molecule has 49 heavy (non-hydrogen) atoms. The molecular formula is C38H35F4N3O4. The summed E-state index contributed by atoms with van der Waals surface area (Å²) in [5.41, 5.74) is 5.90. The van der Waals surface area contributed by atoms with Crippen molar-refractivity contribution in [1.82, 2.24) is 9.97 Å². The summed E-state index contributed by atoms with van der Waals surface area (Å²) >= 11 is 0. The molecule has 0 fully saturated rings. The van der Waals surface area contributed by atoms with Gasteiger partial charge in [-0.05, 0) is 96.5 Å². The first-order chi connectivity index (χ1) is 23.6. The number of carbonyl (C=O) groups is 1. The van der Waals surface area contributed by atoms with E-state index in [1.807, 2.05) is 81.4 Å². The number of carbonyl (C=O) groups excluding carboxylic acids is 1. The predicted molar refractivity (Wildman–Crippen MR) is 177 cm³/mol. The highest BCUT2D eigenvalue weighted by molar-refractivity contribution is 5.87. The Morgan fingerprint density at radius 2 is 1.47 bits per heavy atom. The molecule has 2 unspecified atom stereocenters. The number of anilines is 1. The maximum absolute atomic E-state index is 13.8. The molecular weight excluding hydrogens is 638 g/mol. The van der Waals surface area contributed by atoms with Crippen LogP contribution in [0.25, 0.3) is 0 Å². The number of hydrogen-bond donors (Lipinski definition) is 0. The van der Waals surface area contributed by atoms with Gasteiger partial charge in [-0.15, -0.1) is 0 Å². The summed E-state index contributed by atoms with van der Waals surface area (Å²) in [5.74, 6) is -1.19. The molecule has 7 nitrogen and oxygen atoms in total. The average Bonchev–Trinajstić information content (AvgIpc) is 3.09. The number of pyridine rings is 2. The number of nitrogens with zero attached hydrogens (tertiary/aromatic N) is 3. The van der Waals surface area contributed by atoms with E-state index < -0.39 is 42.8 Å². The van der Waals surface area contributed by atoms with E-state index in [2.05, 4.69) is 14.5 Å². The van der Waals surface area contributed by atoms with Gasteiger partial charge in [0.2, 0.25) is 0 Å². The van der Waals surface area contributed by atoms with Crippen LogP contribution in [-0.4, -0.2) is 29.3 Å². The molecule has 0 aliphatic rings. The molecule has 0 spiro atoms. The van der Waals surface area contributed by atoms with E-state index in [1.54, 1.807) is 30.7 Å². The van der Waals surface area contributed by atoms with Crippen LogP contribution in [0.2, 0.25) is 0 Å². The normalized spacial score (nSPS) is 12.4. The van der Waals surface area contributed by atoms with Gasteiger partial charge in [0, 0.05) is 24.5 Å². The topological polar surface area (TPSA) is 73.8 Å². The van der Waals surface area contributed by atoms with E-state index >= 15 is 0 Å². The molecule has 3 aromatic carbocycles. The van der Waals surface area contributed by atoms with Crippen LogP contribution in [0.5, 0.6) is 11.5 Å². The number of rotatable bonds is 13. The minimum Gasteiger partial charge on any atom is -0.444 e. The highest BCUT2D eigenvalue weighted by Gasteiger charge is 2.28. The van der Waals surface area contributed by atoms with Crippen molar-refractivity contribution in [3.63, 3.8) is 0 Å². The van der Waals surface area contributed by atoms with Gasteiger partial charge < -0.3 is 14.2 Å². The van der Waals surface area contributed by atoms with Gasteiger partial charge in [-0.3, -0.25) is 9.88 Å². The first-order valence-corrected chi connectivity index (χ1v) is 15.5. The largest absolute Gasteiger partial charge is 0.444 e. The average molecular weight is 674 g/mol. The van der Waals surface area contributed by atoms with Crippen LogP contribution >= 0.6 is 0 Å². The Bertz CT molecular complexity index is 1830. The molecule has 0 aliphatic carbocycles. The van der Waals surface area contributed by atoms with Gasteiger partial charge >= 0.3 is 19.3 Å². The smallest absolute Gasteiger partial charge is 0.416 e. The molecule has 0 radical (unpaired) electrons. The van der Waals surface area contributed by atoms with Gasteiger partial charge in [0.25, 0.3) is 0 Å². The van der Waals surface area contributed by atoms with E-state index in [0.717, 1.165) is 27.8 Å². The Morgan fingerprint density at radius 1 is 0.776 bits per heavy atom. The van der Waals surface area contributed by atoms with Crippen LogP contribution in [0.1, 0.15) is 57.8 Å². The van der Waals surface area contributed by atoms with Crippen LogP contribution in [0.15, 0.2) is 110 Å². The lowest BCUT2D eigenvalue weighted by atomic mass is 9.86. The maximum atomic E-state index is 13.8. The second-order valence-electron chi connectivity index (χ2n) is 11.4. The fourth-order valence-corrected chi connectivity index (χ4v) is 5.66. The van der Waals surface area contributed by atoms with Gasteiger partial charge in [-0.25, -0.2) is 9.78 Å². The number of aromatic nitrogens is 2. The number of aryl methyl sites for hydroxylation is 1. The van der Waals surface area contributed by atoms with Crippen molar-refractivity contribution in [2.75, 3.05) is 4.90 Å². The Balaban J connectivity index is 1.52. The number of hydrogen-bond acceptors (Lipinski definition) is 6.